The number of hydrogen-bond acceptors (Lipinski definition) is 3. The van der Waals surface area contributed by atoms with Gasteiger partial charge in [0.1, 0.15) is 12.3 Å². The maximum atomic E-state index is 12.6. The lowest BCUT2D eigenvalue weighted by Crippen LogP contribution is -2.37. The molecule has 0 aliphatic heterocycles. The minimum absolute atomic E-state index is 0.0488. The lowest BCUT2D eigenvalue weighted by molar-refractivity contribution is -0.141. The van der Waals surface area contributed by atoms with Crippen LogP contribution in [0.25, 0.3) is 0 Å². The summed E-state index contributed by atoms with van der Waals surface area (Å²) in [5, 5.41) is 0. The number of carbonyl (C=O) groups excluding carboxylic acids is 1. The predicted molar refractivity (Wildman–Crippen MR) is 79.9 cm³/mol. The van der Waals surface area contributed by atoms with Crippen LogP contribution in [0.5, 0.6) is 0 Å². The number of ketones is 1. The molecular formula is C18H20F3NO2. The normalized spacial score (nSPS) is 34.0. The first-order valence-corrected chi connectivity index (χ1v) is 8.49. The number of hydrogen-bond donors (Lipinski definition) is 0. The van der Waals surface area contributed by atoms with Crippen LogP contribution in [0.1, 0.15) is 43.4 Å². The quantitative estimate of drug-likeness (QED) is 0.813. The molecule has 4 bridgehead atoms. The number of ether oxygens (including phenoxy) is 1. The van der Waals surface area contributed by atoms with E-state index >= 15 is 0 Å². The Morgan fingerprint density at radius 1 is 1.21 bits per heavy atom. The van der Waals surface area contributed by atoms with E-state index in [1.165, 1.54) is 18.9 Å². The van der Waals surface area contributed by atoms with Crippen molar-refractivity contribution in [3.8, 4) is 0 Å². The summed E-state index contributed by atoms with van der Waals surface area (Å²) >= 11 is 0. The molecule has 2 atom stereocenters. The average molecular weight is 339 g/mol. The van der Waals surface area contributed by atoms with Gasteiger partial charge in [-0.25, -0.2) is 0 Å². The summed E-state index contributed by atoms with van der Waals surface area (Å²) in [5.41, 5.74) is -0.543. The number of pyridine rings is 1. The molecule has 0 N–H and O–H groups in total. The zero-order chi connectivity index (χ0) is 16.9. The second-order valence-corrected chi connectivity index (χ2v) is 7.72. The van der Waals surface area contributed by atoms with E-state index in [1.54, 1.807) is 0 Å². The minimum Gasteiger partial charge on any atom is -0.369 e. The Morgan fingerprint density at radius 3 is 2.46 bits per heavy atom. The molecule has 0 aromatic carbocycles. The second-order valence-electron chi connectivity index (χ2n) is 7.72. The van der Waals surface area contributed by atoms with Gasteiger partial charge in [0.15, 0.2) is 5.78 Å². The van der Waals surface area contributed by atoms with Crippen molar-refractivity contribution >= 4 is 5.78 Å². The number of alkyl halides is 3. The van der Waals surface area contributed by atoms with E-state index in [4.69, 9.17) is 4.74 Å². The summed E-state index contributed by atoms with van der Waals surface area (Å²) in [6.45, 7) is 0.163. The Balaban J connectivity index is 1.31. The summed E-state index contributed by atoms with van der Waals surface area (Å²) in [7, 11) is 0. The van der Waals surface area contributed by atoms with Crippen molar-refractivity contribution in [1.29, 1.82) is 0 Å². The van der Waals surface area contributed by atoms with Crippen molar-refractivity contribution < 1.29 is 22.7 Å². The summed E-state index contributed by atoms with van der Waals surface area (Å²) < 4.78 is 42.9. The van der Waals surface area contributed by atoms with Crippen LogP contribution in [-0.2, 0) is 22.3 Å². The first-order chi connectivity index (χ1) is 11.4. The summed E-state index contributed by atoms with van der Waals surface area (Å²) in [6, 6.07) is 2.29. The number of Topliss-reactive ketones (excluding diaryl/α,β-unsaturated/α-hetero) is 1. The van der Waals surface area contributed by atoms with Gasteiger partial charge in [-0.3, -0.25) is 9.78 Å². The van der Waals surface area contributed by atoms with Crippen LogP contribution < -0.4 is 0 Å². The van der Waals surface area contributed by atoms with Crippen LogP contribution in [-0.4, -0.2) is 17.4 Å². The van der Waals surface area contributed by atoms with Gasteiger partial charge in [-0.15, -0.1) is 0 Å². The average Bonchev–Trinajstić information content (AvgIpc) is 2.94. The molecule has 4 aliphatic carbocycles. The van der Waals surface area contributed by atoms with Gasteiger partial charge in [0.25, 0.3) is 0 Å². The molecule has 0 saturated heterocycles. The Bertz CT molecular complexity index is 621. The molecule has 4 saturated carbocycles. The molecule has 1 heterocycles. The molecular weight excluding hydrogens is 319 g/mol. The van der Waals surface area contributed by atoms with Gasteiger partial charge in [0.05, 0.1) is 6.61 Å². The topological polar surface area (TPSA) is 39.2 Å². The maximum absolute atomic E-state index is 12.6. The third-order valence-electron chi connectivity index (χ3n) is 6.13. The van der Waals surface area contributed by atoms with Crippen LogP contribution in [0, 0.1) is 23.2 Å². The van der Waals surface area contributed by atoms with E-state index in [1.807, 2.05) is 0 Å². The molecule has 2 unspecified atom stereocenters. The van der Waals surface area contributed by atoms with E-state index in [-0.39, 0.29) is 24.4 Å². The molecule has 24 heavy (non-hydrogen) atoms. The standard InChI is InChI=1S/C18H20F3NO2/c19-18(20,21)15-2-1-11(8-22-15)9-24-10-16(23)17-5-12-3-13(6-17)14(4-12)7-17/h1-2,8,12-14H,3-7,9-10H2. The van der Waals surface area contributed by atoms with Gasteiger partial charge < -0.3 is 4.74 Å². The van der Waals surface area contributed by atoms with Crippen molar-refractivity contribution in [3.05, 3.63) is 29.6 Å². The van der Waals surface area contributed by atoms with Crippen LogP contribution >= 0.6 is 0 Å². The fourth-order valence-electron chi connectivity index (χ4n) is 5.24. The molecule has 4 aliphatic rings. The molecule has 0 spiro atoms. The molecule has 3 nitrogen and oxygen atoms in total. The van der Waals surface area contributed by atoms with Gasteiger partial charge in [-0.05, 0) is 61.5 Å². The third-order valence-corrected chi connectivity index (χ3v) is 6.13. The van der Waals surface area contributed by atoms with Crippen molar-refractivity contribution in [1.82, 2.24) is 4.98 Å². The first kappa shape index (κ1) is 16.1. The SMILES string of the molecule is O=C(COCc1ccc(C(F)(F)F)nc1)C12CC3CC(C1)C(C3)C2. The second kappa shape index (κ2) is 5.55. The Morgan fingerprint density at radius 2 is 1.92 bits per heavy atom. The van der Waals surface area contributed by atoms with Gasteiger partial charge in [0.2, 0.25) is 0 Å². The number of carbonyl (C=O) groups is 1. The van der Waals surface area contributed by atoms with E-state index in [9.17, 15) is 18.0 Å². The number of rotatable bonds is 5. The van der Waals surface area contributed by atoms with E-state index < -0.39 is 11.9 Å². The van der Waals surface area contributed by atoms with Gasteiger partial charge in [0, 0.05) is 11.6 Å². The third kappa shape index (κ3) is 2.75. The summed E-state index contributed by atoms with van der Waals surface area (Å²) in [4.78, 5) is 16.0. The first-order valence-electron chi connectivity index (χ1n) is 8.49. The molecule has 1 aromatic heterocycles. The van der Waals surface area contributed by atoms with E-state index in [0.717, 1.165) is 43.4 Å². The Hall–Kier alpha value is -1.43. The Labute approximate surface area is 138 Å². The van der Waals surface area contributed by atoms with Gasteiger partial charge >= 0.3 is 6.18 Å². The lowest BCUT2D eigenvalue weighted by atomic mass is 9.67. The highest BCUT2D eigenvalue weighted by atomic mass is 19.4. The van der Waals surface area contributed by atoms with Gasteiger partial charge in [-0.2, -0.15) is 13.2 Å². The highest BCUT2D eigenvalue weighted by Gasteiger charge is 2.58. The zero-order valence-corrected chi connectivity index (χ0v) is 13.3. The fourth-order valence-corrected chi connectivity index (χ4v) is 5.24. The molecule has 1 aromatic rings. The number of halogens is 3. The summed E-state index contributed by atoms with van der Waals surface area (Å²) in [6.07, 6.45) is 2.33. The lowest BCUT2D eigenvalue weighted by Gasteiger charge is -2.36. The molecule has 130 valence electrons. The molecule has 0 amide bonds. The van der Waals surface area contributed by atoms with Crippen LogP contribution in [0.2, 0.25) is 0 Å². The van der Waals surface area contributed by atoms with Crippen LogP contribution in [0.15, 0.2) is 18.3 Å². The van der Waals surface area contributed by atoms with Gasteiger partial charge in [-0.1, -0.05) is 6.07 Å². The summed E-state index contributed by atoms with van der Waals surface area (Å²) in [5.74, 6) is 2.35. The van der Waals surface area contributed by atoms with Crippen LogP contribution in [0.4, 0.5) is 13.2 Å². The fraction of sp³-hybridized carbons (Fsp3) is 0.667. The highest BCUT2D eigenvalue weighted by Crippen LogP contribution is 2.64. The minimum atomic E-state index is -4.44. The van der Waals surface area contributed by atoms with E-state index in [0.29, 0.717) is 11.5 Å². The van der Waals surface area contributed by atoms with Crippen molar-refractivity contribution in [2.75, 3.05) is 6.61 Å². The monoisotopic (exact) mass is 339 g/mol. The van der Waals surface area contributed by atoms with E-state index in [2.05, 4.69) is 4.98 Å². The predicted octanol–water partition coefficient (Wildman–Crippen LogP) is 4.01. The molecule has 0 radical (unpaired) electrons. The Kier molecular flexibility index (Phi) is 3.71. The largest absolute Gasteiger partial charge is 0.433 e. The molecule has 6 heteroatoms. The van der Waals surface area contributed by atoms with Crippen LogP contribution in [0.3, 0.4) is 0 Å². The highest BCUT2D eigenvalue weighted by molar-refractivity contribution is 5.86. The van der Waals surface area contributed by atoms with Crippen molar-refractivity contribution in [2.24, 2.45) is 23.2 Å². The smallest absolute Gasteiger partial charge is 0.369 e. The van der Waals surface area contributed by atoms with Crippen molar-refractivity contribution in [3.63, 3.8) is 0 Å². The van der Waals surface area contributed by atoms with Crippen molar-refractivity contribution in [2.45, 2.75) is 44.9 Å². The maximum Gasteiger partial charge on any atom is 0.433 e. The molecule has 5 rings (SSSR count). The molecule has 4 fully saturated rings. The zero-order valence-electron chi connectivity index (χ0n) is 13.3. The number of aromatic nitrogens is 1. The number of nitrogens with zero attached hydrogens (tertiary/aromatic N) is 1.